The second-order valence-corrected chi connectivity index (χ2v) is 5.96. The lowest BCUT2D eigenvalue weighted by atomic mass is 10.1. The van der Waals surface area contributed by atoms with Crippen LogP contribution in [0.2, 0.25) is 0 Å². The van der Waals surface area contributed by atoms with Gasteiger partial charge in [0.15, 0.2) is 0 Å². The number of rotatable bonds is 7. The lowest BCUT2D eigenvalue weighted by Gasteiger charge is -2.15. The van der Waals surface area contributed by atoms with E-state index in [9.17, 15) is 9.59 Å². The molecule has 0 radical (unpaired) electrons. The van der Waals surface area contributed by atoms with Crippen LogP contribution < -0.4 is 16.6 Å². The third-order valence-corrected chi connectivity index (χ3v) is 4.07. The molecule has 1 aromatic heterocycles. The third kappa shape index (κ3) is 4.49. The number of nitrogens with one attached hydrogen (secondary N) is 2. The summed E-state index contributed by atoms with van der Waals surface area (Å²) in [6, 6.07) is 19.5. The van der Waals surface area contributed by atoms with Gasteiger partial charge in [-0.3, -0.25) is 14.3 Å². The molecule has 0 bridgehead atoms. The van der Waals surface area contributed by atoms with E-state index in [2.05, 4.69) is 10.3 Å². The summed E-state index contributed by atoms with van der Waals surface area (Å²) in [5.74, 6) is 0. The standard InChI is InChI=1S/C20H21N3O3/c1-15(17-10-6-3-7-11-17)26-14-23-13-18(19(24)22-20(23)25)21-12-16-8-4-2-5-9-16/h2-11,13,15,21H,12,14H2,1H3,(H,22,24,25)/t15-/m0/s1. The van der Waals surface area contributed by atoms with Crippen molar-refractivity contribution in [2.45, 2.75) is 26.3 Å². The van der Waals surface area contributed by atoms with Gasteiger partial charge in [-0.25, -0.2) is 4.79 Å². The van der Waals surface area contributed by atoms with Gasteiger partial charge in [0.25, 0.3) is 5.56 Å². The van der Waals surface area contributed by atoms with Crippen LogP contribution in [-0.4, -0.2) is 9.55 Å². The molecule has 6 nitrogen and oxygen atoms in total. The van der Waals surface area contributed by atoms with Crippen molar-refractivity contribution in [1.29, 1.82) is 0 Å². The Hall–Kier alpha value is -3.12. The fourth-order valence-electron chi connectivity index (χ4n) is 2.54. The molecule has 0 aliphatic heterocycles. The first-order chi connectivity index (χ1) is 12.6. The van der Waals surface area contributed by atoms with Crippen LogP contribution in [0.25, 0.3) is 0 Å². The Kier molecular flexibility index (Phi) is 5.66. The molecular weight excluding hydrogens is 330 g/mol. The zero-order chi connectivity index (χ0) is 18.4. The van der Waals surface area contributed by atoms with Crippen LogP contribution >= 0.6 is 0 Å². The maximum absolute atomic E-state index is 12.0. The highest BCUT2D eigenvalue weighted by molar-refractivity contribution is 5.38. The summed E-state index contributed by atoms with van der Waals surface area (Å²) in [4.78, 5) is 26.3. The highest BCUT2D eigenvalue weighted by Gasteiger charge is 2.08. The van der Waals surface area contributed by atoms with Crippen molar-refractivity contribution in [1.82, 2.24) is 9.55 Å². The van der Waals surface area contributed by atoms with Crippen LogP contribution in [0, 0.1) is 0 Å². The highest BCUT2D eigenvalue weighted by atomic mass is 16.5. The number of hydrogen-bond acceptors (Lipinski definition) is 4. The number of anilines is 1. The summed E-state index contributed by atoms with van der Waals surface area (Å²) in [7, 11) is 0. The average Bonchev–Trinajstić information content (AvgIpc) is 2.68. The van der Waals surface area contributed by atoms with Gasteiger partial charge in [-0.1, -0.05) is 60.7 Å². The fraction of sp³-hybridized carbons (Fsp3) is 0.200. The summed E-state index contributed by atoms with van der Waals surface area (Å²) in [6.07, 6.45) is 1.32. The van der Waals surface area contributed by atoms with E-state index in [0.717, 1.165) is 11.1 Å². The number of H-pyrrole nitrogens is 1. The van der Waals surface area contributed by atoms with Gasteiger partial charge in [-0.15, -0.1) is 0 Å². The first-order valence-corrected chi connectivity index (χ1v) is 8.41. The smallest absolute Gasteiger partial charge is 0.330 e. The van der Waals surface area contributed by atoms with E-state index in [-0.39, 0.29) is 12.8 Å². The molecule has 0 saturated heterocycles. The van der Waals surface area contributed by atoms with Crippen LogP contribution in [-0.2, 0) is 18.0 Å². The first-order valence-electron chi connectivity index (χ1n) is 8.41. The monoisotopic (exact) mass is 351 g/mol. The topological polar surface area (TPSA) is 76.1 Å². The Bertz CT molecular complexity index is 949. The van der Waals surface area contributed by atoms with E-state index >= 15 is 0 Å². The molecule has 3 aromatic rings. The molecule has 3 rings (SSSR count). The molecule has 134 valence electrons. The van der Waals surface area contributed by atoms with Crippen LogP contribution in [0.3, 0.4) is 0 Å². The van der Waals surface area contributed by atoms with E-state index < -0.39 is 11.2 Å². The van der Waals surface area contributed by atoms with Crippen molar-refractivity contribution >= 4 is 5.69 Å². The van der Waals surface area contributed by atoms with Gasteiger partial charge < -0.3 is 10.1 Å². The Balaban J connectivity index is 1.69. The molecule has 2 aromatic carbocycles. The zero-order valence-electron chi connectivity index (χ0n) is 14.5. The number of aromatic amines is 1. The lowest BCUT2D eigenvalue weighted by molar-refractivity contribution is 0.0142. The molecule has 6 heteroatoms. The minimum atomic E-state index is -0.500. The Morgan fingerprint density at radius 3 is 2.38 bits per heavy atom. The van der Waals surface area contributed by atoms with Crippen LogP contribution in [0.15, 0.2) is 76.4 Å². The van der Waals surface area contributed by atoms with Crippen molar-refractivity contribution in [3.8, 4) is 0 Å². The van der Waals surface area contributed by atoms with Gasteiger partial charge in [0, 0.05) is 12.7 Å². The van der Waals surface area contributed by atoms with Crippen molar-refractivity contribution in [3.63, 3.8) is 0 Å². The highest BCUT2D eigenvalue weighted by Crippen LogP contribution is 2.16. The van der Waals surface area contributed by atoms with E-state index in [1.807, 2.05) is 67.6 Å². The number of benzene rings is 2. The molecule has 0 saturated carbocycles. The van der Waals surface area contributed by atoms with Gasteiger partial charge in [0.2, 0.25) is 0 Å². The summed E-state index contributed by atoms with van der Waals surface area (Å²) < 4.78 is 7.11. The summed E-state index contributed by atoms with van der Waals surface area (Å²) >= 11 is 0. The van der Waals surface area contributed by atoms with Gasteiger partial charge >= 0.3 is 5.69 Å². The molecule has 1 atom stereocenters. The summed E-state index contributed by atoms with van der Waals surface area (Å²) in [5, 5.41) is 3.06. The molecule has 0 amide bonds. The molecule has 2 N–H and O–H groups in total. The Morgan fingerprint density at radius 2 is 1.69 bits per heavy atom. The maximum Gasteiger partial charge on any atom is 0.330 e. The molecule has 26 heavy (non-hydrogen) atoms. The third-order valence-electron chi connectivity index (χ3n) is 4.07. The minimum absolute atomic E-state index is 0.0473. The summed E-state index contributed by atoms with van der Waals surface area (Å²) in [5.41, 5.74) is 1.44. The molecule has 0 aliphatic carbocycles. The summed E-state index contributed by atoms with van der Waals surface area (Å²) in [6.45, 7) is 2.45. The van der Waals surface area contributed by atoms with E-state index in [0.29, 0.717) is 12.2 Å². The van der Waals surface area contributed by atoms with Gasteiger partial charge in [-0.2, -0.15) is 0 Å². The molecule has 0 fully saturated rings. The van der Waals surface area contributed by atoms with Crippen molar-refractivity contribution < 1.29 is 4.74 Å². The van der Waals surface area contributed by atoms with Crippen molar-refractivity contribution in [2.75, 3.05) is 5.32 Å². The number of aromatic nitrogens is 2. The van der Waals surface area contributed by atoms with Crippen LogP contribution in [0.1, 0.15) is 24.2 Å². The quantitative estimate of drug-likeness (QED) is 0.686. The lowest BCUT2D eigenvalue weighted by Crippen LogP contribution is -2.32. The Morgan fingerprint density at radius 1 is 1.04 bits per heavy atom. The van der Waals surface area contributed by atoms with Gasteiger partial charge in [-0.05, 0) is 18.1 Å². The van der Waals surface area contributed by atoms with Crippen LogP contribution in [0.4, 0.5) is 5.69 Å². The molecule has 0 aliphatic rings. The second-order valence-electron chi connectivity index (χ2n) is 5.96. The predicted octanol–water partition coefficient (Wildman–Crippen LogP) is 2.88. The number of ether oxygens (including phenoxy) is 1. The van der Waals surface area contributed by atoms with E-state index in [1.165, 1.54) is 10.8 Å². The SMILES string of the molecule is C[C@H](OCn1cc(NCc2ccccc2)c(=O)[nH]c1=O)c1ccccc1. The fourth-order valence-corrected chi connectivity index (χ4v) is 2.54. The van der Waals surface area contributed by atoms with E-state index in [1.54, 1.807) is 0 Å². The van der Waals surface area contributed by atoms with Crippen molar-refractivity contribution in [3.05, 3.63) is 98.8 Å². The number of hydrogen-bond donors (Lipinski definition) is 2. The van der Waals surface area contributed by atoms with Gasteiger partial charge in [0.1, 0.15) is 12.4 Å². The molecule has 0 spiro atoms. The minimum Gasteiger partial charge on any atom is -0.375 e. The average molecular weight is 351 g/mol. The van der Waals surface area contributed by atoms with Gasteiger partial charge in [0.05, 0.1) is 6.10 Å². The largest absolute Gasteiger partial charge is 0.375 e. The van der Waals surface area contributed by atoms with E-state index in [4.69, 9.17) is 4.74 Å². The normalized spacial score (nSPS) is 11.9. The Labute approximate surface area is 151 Å². The first kappa shape index (κ1) is 17.7. The number of nitrogens with zero attached hydrogens (tertiary/aromatic N) is 1. The van der Waals surface area contributed by atoms with Crippen molar-refractivity contribution in [2.24, 2.45) is 0 Å². The molecule has 1 heterocycles. The maximum atomic E-state index is 12.0. The predicted molar refractivity (Wildman–Crippen MR) is 101 cm³/mol. The molecule has 0 unspecified atom stereocenters. The molecular formula is C20H21N3O3. The second kappa shape index (κ2) is 8.31. The van der Waals surface area contributed by atoms with Crippen LogP contribution in [0.5, 0.6) is 0 Å². The zero-order valence-corrected chi connectivity index (χ0v) is 14.5.